The minimum absolute atomic E-state index is 0.491. The van der Waals surface area contributed by atoms with E-state index in [-0.39, 0.29) is 0 Å². The van der Waals surface area contributed by atoms with E-state index < -0.39 is 11.7 Å². The summed E-state index contributed by atoms with van der Waals surface area (Å²) in [5, 5.41) is 4.05. The Morgan fingerprint density at radius 1 is 0.720 bits per heavy atom. The fourth-order valence-electron chi connectivity index (χ4n) is 2.31. The SMILES string of the molecule is FC(F)(F)c1ccc(N/N=C\c2ccc(-c3ccccc3)cc2)cc1. The summed E-state index contributed by atoms with van der Waals surface area (Å²) in [6, 6.07) is 22.6. The quantitative estimate of drug-likeness (QED) is 0.470. The fraction of sp³-hybridized carbons (Fsp3) is 0.0500. The van der Waals surface area contributed by atoms with Crippen LogP contribution < -0.4 is 5.43 Å². The molecule has 1 N–H and O–H groups in total. The molecule has 0 bridgehead atoms. The molecule has 0 aliphatic carbocycles. The molecule has 0 aliphatic rings. The summed E-state index contributed by atoms with van der Waals surface area (Å²) in [4.78, 5) is 0. The highest BCUT2D eigenvalue weighted by Crippen LogP contribution is 2.29. The number of anilines is 1. The highest BCUT2D eigenvalue weighted by Gasteiger charge is 2.29. The maximum Gasteiger partial charge on any atom is 0.416 e. The van der Waals surface area contributed by atoms with Crippen LogP contribution in [0.4, 0.5) is 18.9 Å². The van der Waals surface area contributed by atoms with Gasteiger partial charge in [-0.2, -0.15) is 18.3 Å². The molecule has 0 amide bonds. The molecule has 3 aromatic rings. The second kappa shape index (κ2) is 7.21. The van der Waals surface area contributed by atoms with E-state index in [1.54, 1.807) is 6.21 Å². The topological polar surface area (TPSA) is 24.4 Å². The number of alkyl halides is 3. The lowest BCUT2D eigenvalue weighted by atomic mass is 10.0. The maximum atomic E-state index is 12.5. The fourth-order valence-corrected chi connectivity index (χ4v) is 2.31. The van der Waals surface area contributed by atoms with Gasteiger partial charge in [-0.05, 0) is 41.0 Å². The Kier molecular flexibility index (Phi) is 4.84. The van der Waals surface area contributed by atoms with Gasteiger partial charge >= 0.3 is 6.18 Å². The maximum absolute atomic E-state index is 12.5. The Bertz CT molecular complexity index is 837. The molecule has 3 rings (SSSR count). The summed E-state index contributed by atoms with van der Waals surface area (Å²) < 4.78 is 37.5. The molecule has 0 atom stereocenters. The molecule has 126 valence electrons. The van der Waals surface area contributed by atoms with Gasteiger partial charge in [-0.3, -0.25) is 5.43 Å². The van der Waals surface area contributed by atoms with Gasteiger partial charge in [0.15, 0.2) is 0 Å². The van der Waals surface area contributed by atoms with Gasteiger partial charge in [0.25, 0.3) is 0 Å². The molecular formula is C20H15F3N2. The molecular weight excluding hydrogens is 325 g/mol. The minimum atomic E-state index is -4.33. The predicted molar refractivity (Wildman–Crippen MR) is 94.5 cm³/mol. The number of nitrogens with zero attached hydrogens (tertiary/aromatic N) is 1. The Balaban J connectivity index is 1.63. The van der Waals surface area contributed by atoms with Gasteiger partial charge < -0.3 is 0 Å². The van der Waals surface area contributed by atoms with Gasteiger partial charge in [0, 0.05) is 0 Å². The summed E-state index contributed by atoms with van der Waals surface area (Å²) in [6.45, 7) is 0. The van der Waals surface area contributed by atoms with E-state index in [1.807, 2.05) is 54.6 Å². The first-order chi connectivity index (χ1) is 12.0. The predicted octanol–water partition coefficient (Wildman–Crippen LogP) is 5.82. The Hall–Kier alpha value is -3.08. The van der Waals surface area contributed by atoms with Crippen molar-refractivity contribution in [2.45, 2.75) is 6.18 Å². The molecule has 2 nitrogen and oxygen atoms in total. The number of hydrogen-bond acceptors (Lipinski definition) is 2. The number of hydrazone groups is 1. The zero-order chi connectivity index (χ0) is 17.7. The van der Waals surface area contributed by atoms with E-state index in [2.05, 4.69) is 10.5 Å². The van der Waals surface area contributed by atoms with Crippen molar-refractivity contribution in [3.05, 3.63) is 90.0 Å². The first-order valence-corrected chi connectivity index (χ1v) is 7.64. The zero-order valence-electron chi connectivity index (χ0n) is 13.2. The van der Waals surface area contributed by atoms with E-state index in [9.17, 15) is 13.2 Å². The van der Waals surface area contributed by atoms with E-state index in [1.165, 1.54) is 12.1 Å². The lowest BCUT2D eigenvalue weighted by Crippen LogP contribution is -2.04. The second-order valence-electron chi connectivity index (χ2n) is 5.43. The van der Waals surface area contributed by atoms with Crippen molar-refractivity contribution in [3.63, 3.8) is 0 Å². The third-order valence-corrected chi connectivity index (χ3v) is 3.64. The average molecular weight is 340 g/mol. The molecule has 0 aromatic heterocycles. The summed E-state index contributed by atoms with van der Waals surface area (Å²) in [6.07, 6.45) is -2.71. The monoisotopic (exact) mass is 340 g/mol. The van der Waals surface area contributed by atoms with Crippen LogP contribution in [-0.2, 0) is 6.18 Å². The summed E-state index contributed by atoms with van der Waals surface area (Å²) in [7, 11) is 0. The highest BCUT2D eigenvalue weighted by molar-refractivity contribution is 5.81. The first-order valence-electron chi connectivity index (χ1n) is 7.64. The third kappa shape index (κ3) is 4.47. The third-order valence-electron chi connectivity index (χ3n) is 3.64. The first kappa shape index (κ1) is 16.8. The lowest BCUT2D eigenvalue weighted by molar-refractivity contribution is -0.137. The normalized spacial score (nSPS) is 11.6. The zero-order valence-corrected chi connectivity index (χ0v) is 13.2. The van der Waals surface area contributed by atoms with Gasteiger partial charge in [-0.15, -0.1) is 0 Å². The highest BCUT2D eigenvalue weighted by atomic mass is 19.4. The molecule has 5 heteroatoms. The molecule has 3 aromatic carbocycles. The standard InChI is InChI=1S/C20H15F3N2/c21-20(22,23)18-10-12-19(13-11-18)25-24-14-15-6-8-17(9-7-15)16-4-2-1-3-5-16/h1-14,25H/b24-14-. The van der Waals surface area contributed by atoms with Gasteiger partial charge in [0.1, 0.15) is 0 Å². The molecule has 25 heavy (non-hydrogen) atoms. The molecule has 0 spiro atoms. The van der Waals surface area contributed by atoms with Crippen LogP contribution in [0.1, 0.15) is 11.1 Å². The van der Waals surface area contributed by atoms with Crippen LogP contribution >= 0.6 is 0 Å². The van der Waals surface area contributed by atoms with Gasteiger partial charge in [-0.25, -0.2) is 0 Å². The van der Waals surface area contributed by atoms with Crippen molar-refractivity contribution in [1.82, 2.24) is 0 Å². The minimum Gasteiger partial charge on any atom is -0.279 e. The molecule has 0 saturated carbocycles. The van der Waals surface area contributed by atoms with E-state index in [0.29, 0.717) is 5.69 Å². The van der Waals surface area contributed by atoms with E-state index >= 15 is 0 Å². The van der Waals surface area contributed by atoms with Crippen LogP contribution in [0, 0.1) is 0 Å². The summed E-state index contributed by atoms with van der Waals surface area (Å²) in [5.41, 5.74) is 5.66. The van der Waals surface area contributed by atoms with Crippen LogP contribution in [0.5, 0.6) is 0 Å². The number of rotatable bonds is 4. The van der Waals surface area contributed by atoms with Crippen LogP contribution in [0.25, 0.3) is 11.1 Å². The number of hydrogen-bond donors (Lipinski definition) is 1. The second-order valence-corrected chi connectivity index (χ2v) is 5.43. The molecule has 0 fully saturated rings. The average Bonchev–Trinajstić information content (AvgIpc) is 2.63. The molecule has 0 aliphatic heterocycles. The van der Waals surface area contributed by atoms with Crippen molar-refractivity contribution in [1.29, 1.82) is 0 Å². The molecule has 0 heterocycles. The van der Waals surface area contributed by atoms with Crippen molar-refractivity contribution in [3.8, 4) is 11.1 Å². The molecule has 0 saturated heterocycles. The van der Waals surface area contributed by atoms with E-state index in [4.69, 9.17) is 0 Å². The molecule has 0 radical (unpaired) electrons. The van der Waals surface area contributed by atoms with Crippen LogP contribution in [-0.4, -0.2) is 6.21 Å². The van der Waals surface area contributed by atoms with Crippen molar-refractivity contribution >= 4 is 11.9 Å². The van der Waals surface area contributed by atoms with E-state index in [0.717, 1.165) is 28.8 Å². The summed E-state index contributed by atoms with van der Waals surface area (Å²) >= 11 is 0. The van der Waals surface area contributed by atoms with Crippen molar-refractivity contribution in [2.75, 3.05) is 5.43 Å². The number of benzene rings is 3. The van der Waals surface area contributed by atoms with Crippen LogP contribution in [0.2, 0.25) is 0 Å². The number of halogens is 3. The van der Waals surface area contributed by atoms with Gasteiger partial charge in [-0.1, -0.05) is 54.6 Å². The van der Waals surface area contributed by atoms with Gasteiger partial charge in [0.05, 0.1) is 17.5 Å². The van der Waals surface area contributed by atoms with Crippen molar-refractivity contribution in [2.24, 2.45) is 5.10 Å². The molecule has 0 unspecified atom stereocenters. The van der Waals surface area contributed by atoms with Gasteiger partial charge in [0.2, 0.25) is 0 Å². The largest absolute Gasteiger partial charge is 0.416 e. The smallest absolute Gasteiger partial charge is 0.279 e. The Morgan fingerprint density at radius 3 is 1.92 bits per heavy atom. The lowest BCUT2D eigenvalue weighted by Gasteiger charge is -2.07. The Labute approximate surface area is 143 Å². The summed E-state index contributed by atoms with van der Waals surface area (Å²) in [5.74, 6) is 0. The van der Waals surface area contributed by atoms with Crippen LogP contribution in [0.3, 0.4) is 0 Å². The number of nitrogens with one attached hydrogen (secondary N) is 1. The Morgan fingerprint density at radius 2 is 1.32 bits per heavy atom. The van der Waals surface area contributed by atoms with Crippen molar-refractivity contribution < 1.29 is 13.2 Å². The van der Waals surface area contributed by atoms with Crippen LogP contribution in [0.15, 0.2) is 84.0 Å².